The van der Waals surface area contributed by atoms with Crippen molar-refractivity contribution in [1.29, 1.82) is 0 Å². The van der Waals surface area contributed by atoms with E-state index < -0.39 is 0 Å². The number of hydrogen-bond acceptors (Lipinski definition) is 1. The van der Waals surface area contributed by atoms with Crippen LogP contribution in [0.15, 0.2) is 4.99 Å². The number of nitrogens with one attached hydrogen (secondary N) is 1. The Bertz CT molecular complexity index is 203. The number of guanidine groups is 1. The Labute approximate surface area is 86.2 Å². The minimum absolute atomic E-state index is 0.497. The first-order valence-corrected chi connectivity index (χ1v) is 5.94. The summed E-state index contributed by atoms with van der Waals surface area (Å²) in [5.41, 5.74) is 5.85. The summed E-state index contributed by atoms with van der Waals surface area (Å²) in [5, 5.41) is 3.29. The van der Waals surface area contributed by atoms with E-state index in [0.717, 1.165) is 0 Å². The molecule has 0 spiro atoms. The average molecular weight is 195 g/mol. The van der Waals surface area contributed by atoms with Gasteiger partial charge in [-0.15, -0.1) is 0 Å². The molecule has 0 aliphatic heterocycles. The standard InChI is InChI=1S/C11H21N3/c12-11(14-10-7-4-8-10)13-9-5-2-1-3-6-9/h9-10H,1-8H2,(H3,12,13,14). The predicted octanol–water partition coefficient (Wildman–Crippen LogP) is 1.78. The maximum Gasteiger partial charge on any atom is 0.189 e. The van der Waals surface area contributed by atoms with Gasteiger partial charge in [0.2, 0.25) is 0 Å². The number of nitrogens with zero attached hydrogens (tertiary/aromatic N) is 1. The highest BCUT2D eigenvalue weighted by atomic mass is 15.1. The van der Waals surface area contributed by atoms with Crippen molar-refractivity contribution < 1.29 is 0 Å². The van der Waals surface area contributed by atoms with E-state index in [2.05, 4.69) is 10.3 Å². The SMILES string of the molecule is NC(=NC1CCCCC1)NC1CCC1. The molecule has 3 heteroatoms. The fourth-order valence-corrected chi connectivity index (χ4v) is 2.21. The summed E-state index contributed by atoms with van der Waals surface area (Å²) in [6.07, 6.45) is 10.4. The van der Waals surface area contributed by atoms with E-state index >= 15 is 0 Å². The summed E-state index contributed by atoms with van der Waals surface area (Å²) >= 11 is 0. The minimum atomic E-state index is 0.497. The largest absolute Gasteiger partial charge is 0.370 e. The quantitative estimate of drug-likeness (QED) is 0.521. The van der Waals surface area contributed by atoms with Crippen LogP contribution in [0.1, 0.15) is 51.4 Å². The van der Waals surface area contributed by atoms with Crippen LogP contribution in [0.25, 0.3) is 0 Å². The summed E-state index contributed by atoms with van der Waals surface area (Å²) < 4.78 is 0. The van der Waals surface area contributed by atoms with Gasteiger partial charge in [0, 0.05) is 6.04 Å². The third-order valence-electron chi connectivity index (χ3n) is 3.35. The molecule has 14 heavy (non-hydrogen) atoms. The molecule has 2 fully saturated rings. The molecule has 2 aliphatic carbocycles. The topological polar surface area (TPSA) is 50.4 Å². The first-order valence-electron chi connectivity index (χ1n) is 5.94. The lowest BCUT2D eigenvalue weighted by molar-refractivity contribution is 0.379. The summed E-state index contributed by atoms with van der Waals surface area (Å²) in [6.45, 7) is 0. The number of hydrogen-bond donors (Lipinski definition) is 2. The number of rotatable bonds is 2. The zero-order valence-corrected chi connectivity index (χ0v) is 8.84. The molecule has 0 amide bonds. The minimum Gasteiger partial charge on any atom is -0.370 e. The fraction of sp³-hybridized carbons (Fsp3) is 0.909. The first-order chi connectivity index (χ1) is 6.84. The summed E-state index contributed by atoms with van der Waals surface area (Å²) in [7, 11) is 0. The molecule has 0 unspecified atom stereocenters. The molecule has 3 N–H and O–H groups in total. The third-order valence-corrected chi connectivity index (χ3v) is 3.35. The maximum atomic E-state index is 5.85. The molecule has 0 aromatic carbocycles. The van der Waals surface area contributed by atoms with Crippen LogP contribution in [0.2, 0.25) is 0 Å². The third kappa shape index (κ3) is 2.63. The Morgan fingerprint density at radius 3 is 2.29 bits per heavy atom. The molecule has 2 rings (SSSR count). The number of aliphatic imine (C=N–C) groups is 1. The molecule has 0 bridgehead atoms. The lowest BCUT2D eigenvalue weighted by atomic mass is 9.93. The van der Waals surface area contributed by atoms with Gasteiger partial charge in [-0.1, -0.05) is 19.3 Å². The molecule has 0 saturated heterocycles. The van der Waals surface area contributed by atoms with Gasteiger partial charge in [0.05, 0.1) is 6.04 Å². The van der Waals surface area contributed by atoms with E-state index in [1.807, 2.05) is 0 Å². The van der Waals surface area contributed by atoms with Gasteiger partial charge in [-0.25, -0.2) is 0 Å². The van der Waals surface area contributed by atoms with Gasteiger partial charge >= 0.3 is 0 Å². The zero-order chi connectivity index (χ0) is 9.80. The second kappa shape index (κ2) is 4.67. The van der Waals surface area contributed by atoms with Gasteiger partial charge in [-0.05, 0) is 32.1 Å². The molecular weight excluding hydrogens is 174 g/mol. The van der Waals surface area contributed by atoms with E-state index in [9.17, 15) is 0 Å². The van der Waals surface area contributed by atoms with Gasteiger partial charge < -0.3 is 11.1 Å². The molecule has 0 heterocycles. The van der Waals surface area contributed by atoms with Gasteiger partial charge in [-0.3, -0.25) is 4.99 Å². The van der Waals surface area contributed by atoms with Crippen LogP contribution in [-0.4, -0.2) is 18.0 Å². The van der Waals surface area contributed by atoms with Crippen molar-refractivity contribution in [2.24, 2.45) is 10.7 Å². The van der Waals surface area contributed by atoms with Crippen molar-refractivity contribution in [2.45, 2.75) is 63.5 Å². The normalized spacial score (nSPS) is 25.9. The maximum absolute atomic E-state index is 5.85. The van der Waals surface area contributed by atoms with Crippen LogP contribution in [0.5, 0.6) is 0 Å². The van der Waals surface area contributed by atoms with Gasteiger partial charge in [0.15, 0.2) is 5.96 Å². The molecule has 80 valence electrons. The first kappa shape index (κ1) is 9.81. The highest BCUT2D eigenvalue weighted by molar-refractivity contribution is 5.78. The molecule has 2 saturated carbocycles. The van der Waals surface area contributed by atoms with Gasteiger partial charge in [0.1, 0.15) is 0 Å². The zero-order valence-electron chi connectivity index (χ0n) is 8.84. The van der Waals surface area contributed by atoms with E-state index in [-0.39, 0.29) is 0 Å². The van der Waals surface area contributed by atoms with Gasteiger partial charge in [0.25, 0.3) is 0 Å². The highest BCUT2D eigenvalue weighted by Crippen LogP contribution is 2.21. The lowest BCUT2D eigenvalue weighted by Gasteiger charge is -2.27. The van der Waals surface area contributed by atoms with Crippen molar-refractivity contribution >= 4 is 5.96 Å². The molecule has 0 atom stereocenters. The van der Waals surface area contributed by atoms with Crippen LogP contribution >= 0.6 is 0 Å². The smallest absolute Gasteiger partial charge is 0.189 e. The molecular formula is C11H21N3. The lowest BCUT2D eigenvalue weighted by Crippen LogP contribution is -2.44. The Morgan fingerprint density at radius 1 is 1.00 bits per heavy atom. The Balaban J connectivity index is 1.75. The van der Waals surface area contributed by atoms with E-state index in [0.29, 0.717) is 18.0 Å². The Hall–Kier alpha value is -0.730. The second-order valence-electron chi connectivity index (χ2n) is 4.58. The Kier molecular flexibility index (Phi) is 3.27. The van der Waals surface area contributed by atoms with E-state index in [4.69, 9.17) is 5.73 Å². The van der Waals surface area contributed by atoms with Crippen molar-refractivity contribution in [3.8, 4) is 0 Å². The second-order valence-corrected chi connectivity index (χ2v) is 4.58. The monoisotopic (exact) mass is 195 g/mol. The predicted molar refractivity (Wildman–Crippen MR) is 59.3 cm³/mol. The summed E-state index contributed by atoms with van der Waals surface area (Å²) in [4.78, 5) is 4.54. The molecule has 2 aliphatic rings. The van der Waals surface area contributed by atoms with Gasteiger partial charge in [-0.2, -0.15) is 0 Å². The average Bonchev–Trinajstić information content (AvgIpc) is 2.13. The number of nitrogens with two attached hydrogens (primary N) is 1. The van der Waals surface area contributed by atoms with Crippen LogP contribution in [0, 0.1) is 0 Å². The molecule has 0 aromatic rings. The Morgan fingerprint density at radius 2 is 1.71 bits per heavy atom. The van der Waals surface area contributed by atoms with Crippen molar-refractivity contribution in [3.05, 3.63) is 0 Å². The van der Waals surface area contributed by atoms with Crippen LogP contribution < -0.4 is 11.1 Å². The van der Waals surface area contributed by atoms with Crippen molar-refractivity contribution in [2.75, 3.05) is 0 Å². The summed E-state index contributed by atoms with van der Waals surface area (Å²) in [6, 6.07) is 1.11. The molecule has 0 aromatic heterocycles. The van der Waals surface area contributed by atoms with E-state index in [1.165, 1.54) is 51.4 Å². The van der Waals surface area contributed by atoms with Crippen LogP contribution in [0.3, 0.4) is 0 Å². The van der Waals surface area contributed by atoms with E-state index in [1.54, 1.807) is 0 Å². The molecule has 0 radical (unpaired) electrons. The van der Waals surface area contributed by atoms with Crippen LogP contribution in [-0.2, 0) is 0 Å². The van der Waals surface area contributed by atoms with Crippen LogP contribution in [0.4, 0.5) is 0 Å². The van der Waals surface area contributed by atoms with Crippen molar-refractivity contribution in [1.82, 2.24) is 5.32 Å². The highest BCUT2D eigenvalue weighted by Gasteiger charge is 2.18. The summed E-state index contributed by atoms with van der Waals surface area (Å²) in [5.74, 6) is 0.682. The fourth-order valence-electron chi connectivity index (χ4n) is 2.21. The molecule has 3 nitrogen and oxygen atoms in total. The van der Waals surface area contributed by atoms with Crippen molar-refractivity contribution in [3.63, 3.8) is 0 Å².